The molecule has 0 saturated carbocycles. The van der Waals surface area contributed by atoms with Gasteiger partial charge in [-0.25, -0.2) is 4.79 Å². The number of carbonyl (C=O) groups is 2. The van der Waals surface area contributed by atoms with Crippen LogP contribution in [-0.4, -0.2) is 45.4 Å². The van der Waals surface area contributed by atoms with E-state index in [2.05, 4.69) is 19.2 Å². The van der Waals surface area contributed by atoms with Gasteiger partial charge in [-0.05, 0) is 51.0 Å². The van der Waals surface area contributed by atoms with E-state index in [-0.39, 0.29) is 24.5 Å². The van der Waals surface area contributed by atoms with Crippen molar-refractivity contribution in [2.75, 3.05) is 18.4 Å². The van der Waals surface area contributed by atoms with E-state index in [1.54, 1.807) is 4.90 Å². The van der Waals surface area contributed by atoms with Crippen LogP contribution >= 0.6 is 0 Å². The van der Waals surface area contributed by atoms with Gasteiger partial charge in [-0.15, -0.1) is 0 Å². The summed E-state index contributed by atoms with van der Waals surface area (Å²) in [6.45, 7) is 11.3. The van der Waals surface area contributed by atoms with Crippen molar-refractivity contribution in [2.24, 2.45) is 13.0 Å². The molecule has 0 atom stereocenters. The number of benzene rings is 1. The SMILES string of the molecule is Cc1ccc(NC(=O)N(CC(=O)N(Cc2cccn2C)CC(C)C)C(C)C)cc1. The molecule has 0 fully saturated rings. The van der Waals surface area contributed by atoms with Crippen molar-refractivity contribution < 1.29 is 9.59 Å². The number of rotatable bonds is 8. The highest BCUT2D eigenvalue weighted by Crippen LogP contribution is 2.13. The van der Waals surface area contributed by atoms with Crippen molar-refractivity contribution >= 4 is 17.6 Å². The maximum absolute atomic E-state index is 13.1. The van der Waals surface area contributed by atoms with Gasteiger partial charge in [0.25, 0.3) is 0 Å². The third kappa shape index (κ3) is 6.66. The van der Waals surface area contributed by atoms with Gasteiger partial charge in [0, 0.05) is 37.2 Å². The molecule has 1 N–H and O–H groups in total. The van der Waals surface area contributed by atoms with Crippen LogP contribution in [0.5, 0.6) is 0 Å². The summed E-state index contributed by atoms with van der Waals surface area (Å²) in [5.74, 6) is 0.292. The molecule has 2 aromatic rings. The average Bonchev–Trinajstić information content (AvgIpc) is 3.04. The predicted molar refractivity (Wildman–Crippen MR) is 118 cm³/mol. The number of nitrogens with zero attached hydrogens (tertiary/aromatic N) is 3. The second-order valence-electron chi connectivity index (χ2n) is 8.30. The Bertz CT molecular complexity index is 809. The Morgan fingerprint density at radius 2 is 1.72 bits per heavy atom. The van der Waals surface area contributed by atoms with E-state index in [0.29, 0.717) is 19.0 Å². The van der Waals surface area contributed by atoms with Crippen LogP contribution in [0.2, 0.25) is 0 Å². The molecule has 0 radical (unpaired) electrons. The molecule has 0 aliphatic carbocycles. The zero-order valence-electron chi connectivity index (χ0n) is 18.5. The zero-order valence-corrected chi connectivity index (χ0v) is 18.5. The number of hydrogen-bond donors (Lipinski definition) is 1. The molecule has 1 heterocycles. The third-order valence-corrected chi connectivity index (χ3v) is 4.84. The number of aromatic nitrogens is 1. The second kappa shape index (κ2) is 10.1. The molecule has 158 valence electrons. The van der Waals surface area contributed by atoms with Gasteiger partial charge in [-0.3, -0.25) is 4.79 Å². The third-order valence-electron chi connectivity index (χ3n) is 4.84. The second-order valence-corrected chi connectivity index (χ2v) is 8.30. The van der Waals surface area contributed by atoms with Gasteiger partial charge in [0.1, 0.15) is 6.54 Å². The van der Waals surface area contributed by atoms with E-state index in [1.807, 2.05) is 79.9 Å². The van der Waals surface area contributed by atoms with Crippen LogP contribution < -0.4 is 5.32 Å². The minimum absolute atomic E-state index is 0.0481. The maximum Gasteiger partial charge on any atom is 0.322 e. The van der Waals surface area contributed by atoms with Crippen LogP contribution in [0.4, 0.5) is 10.5 Å². The van der Waals surface area contributed by atoms with E-state index < -0.39 is 0 Å². The van der Waals surface area contributed by atoms with Crippen molar-refractivity contribution in [3.05, 3.63) is 53.9 Å². The van der Waals surface area contributed by atoms with Gasteiger partial charge in [-0.2, -0.15) is 0 Å². The molecule has 0 saturated heterocycles. The number of amides is 3. The number of anilines is 1. The summed E-state index contributed by atoms with van der Waals surface area (Å²) in [5.41, 5.74) is 2.92. The summed E-state index contributed by atoms with van der Waals surface area (Å²) < 4.78 is 2.02. The van der Waals surface area contributed by atoms with Crippen molar-refractivity contribution in [1.82, 2.24) is 14.4 Å². The van der Waals surface area contributed by atoms with E-state index in [1.165, 1.54) is 0 Å². The van der Waals surface area contributed by atoms with Crippen LogP contribution in [0.15, 0.2) is 42.6 Å². The lowest BCUT2D eigenvalue weighted by molar-refractivity contribution is -0.133. The molecular formula is C23H34N4O2. The first-order chi connectivity index (χ1) is 13.7. The first kappa shape index (κ1) is 22.5. The molecule has 29 heavy (non-hydrogen) atoms. The Labute approximate surface area is 174 Å². The Morgan fingerprint density at radius 1 is 1.07 bits per heavy atom. The van der Waals surface area contributed by atoms with E-state index >= 15 is 0 Å². The van der Waals surface area contributed by atoms with Crippen LogP contribution in [0.1, 0.15) is 39.0 Å². The average molecular weight is 399 g/mol. The molecule has 0 aliphatic heterocycles. The molecule has 0 bridgehead atoms. The minimum atomic E-state index is -0.263. The molecule has 0 unspecified atom stereocenters. The summed E-state index contributed by atoms with van der Waals surface area (Å²) >= 11 is 0. The van der Waals surface area contributed by atoms with E-state index in [9.17, 15) is 9.59 Å². The fourth-order valence-corrected chi connectivity index (χ4v) is 3.12. The molecule has 0 spiro atoms. The summed E-state index contributed by atoms with van der Waals surface area (Å²) in [7, 11) is 1.98. The summed E-state index contributed by atoms with van der Waals surface area (Å²) in [6.07, 6.45) is 1.98. The lowest BCUT2D eigenvalue weighted by atomic mass is 10.2. The number of carbonyl (C=O) groups excluding carboxylic acids is 2. The number of nitrogens with one attached hydrogen (secondary N) is 1. The highest BCUT2D eigenvalue weighted by Gasteiger charge is 2.24. The summed E-state index contributed by atoms with van der Waals surface area (Å²) in [6, 6.07) is 11.3. The standard InChI is InChI=1S/C23H34N4O2/c1-17(2)14-26(15-21-8-7-13-25(21)6)22(28)16-27(18(3)4)23(29)24-20-11-9-19(5)10-12-20/h7-13,17-18H,14-16H2,1-6H3,(H,24,29). The highest BCUT2D eigenvalue weighted by atomic mass is 16.2. The van der Waals surface area contributed by atoms with Gasteiger partial charge in [0.05, 0.1) is 6.54 Å². The van der Waals surface area contributed by atoms with Crippen molar-refractivity contribution in [3.8, 4) is 0 Å². The van der Waals surface area contributed by atoms with E-state index in [4.69, 9.17) is 0 Å². The van der Waals surface area contributed by atoms with Crippen molar-refractivity contribution in [2.45, 2.75) is 47.2 Å². The number of aryl methyl sites for hydroxylation is 2. The van der Waals surface area contributed by atoms with E-state index in [0.717, 1.165) is 16.9 Å². The predicted octanol–water partition coefficient (Wildman–Crippen LogP) is 4.26. The van der Waals surface area contributed by atoms with Crippen LogP contribution in [-0.2, 0) is 18.4 Å². The molecule has 6 heteroatoms. The fourth-order valence-electron chi connectivity index (χ4n) is 3.12. The monoisotopic (exact) mass is 398 g/mol. The number of hydrogen-bond acceptors (Lipinski definition) is 2. The highest BCUT2D eigenvalue weighted by molar-refractivity contribution is 5.92. The molecule has 0 aliphatic rings. The minimum Gasteiger partial charge on any atom is -0.353 e. The molecular weight excluding hydrogens is 364 g/mol. The fraction of sp³-hybridized carbons (Fsp3) is 0.478. The maximum atomic E-state index is 13.1. The topological polar surface area (TPSA) is 57.6 Å². The molecule has 6 nitrogen and oxygen atoms in total. The zero-order chi connectivity index (χ0) is 21.6. The Kier molecular flexibility index (Phi) is 7.88. The molecule has 1 aromatic heterocycles. The Morgan fingerprint density at radius 3 is 2.24 bits per heavy atom. The van der Waals surface area contributed by atoms with Gasteiger partial charge < -0.3 is 19.7 Å². The van der Waals surface area contributed by atoms with Gasteiger partial charge in [0.15, 0.2) is 0 Å². The van der Waals surface area contributed by atoms with Gasteiger partial charge in [-0.1, -0.05) is 31.5 Å². The van der Waals surface area contributed by atoms with Crippen LogP contribution in [0, 0.1) is 12.8 Å². The molecule has 2 rings (SSSR count). The molecule has 3 amide bonds. The largest absolute Gasteiger partial charge is 0.353 e. The smallest absolute Gasteiger partial charge is 0.322 e. The van der Waals surface area contributed by atoms with Gasteiger partial charge >= 0.3 is 6.03 Å². The van der Waals surface area contributed by atoms with Crippen LogP contribution in [0.25, 0.3) is 0 Å². The van der Waals surface area contributed by atoms with Crippen molar-refractivity contribution in [1.29, 1.82) is 0 Å². The first-order valence-corrected chi connectivity index (χ1v) is 10.2. The Balaban J connectivity index is 2.10. The summed E-state index contributed by atoms with van der Waals surface area (Å²) in [5, 5.41) is 2.90. The number of urea groups is 1. The normalized spacial score (nSPS) is 11.0. The van der Waals surface area contributed by atoms with Gasteiger partial charge in [0.2, 0.25) is 5.91 Å². The molecule has 1 aromatic carbocycles. The quantitative estimate of drug-likeness (QED) is 0.722. The summed E-state index contributed by atoms with van der Waals surface area (Å²) in [4.78, 5) is 29.4. The van der Waals surface area contributed by atoms with Crippen LogP contribution in [0.3, 0.4) is 0 Å². The lowest BCUT2D eigenvalue weighted by Crippen LogP contribution is -2.48. The van der Waals surface area contributed by atoms with Crippen molar-refractivity contribution in [3.63, 3.8) is 0 Å². The Hall–Kier alpha value is -2.76. The first-order valence-electron chi connectivity index (χ1n) is 10.2. The lowest BCUT2D eigenvalue weighted by Gasteiger charge is -2.31.